The van der Waals surface area contributed by atoms with Crippen molar-refractivity contribution in [1.82, 2.24) is 9.78 Å². The van der Waals surface area contributed by atoms with Gasteiger partial charge >= 0.3 is 6.61 Å². The fourth-order valence-corrected chi connectivity index (χ4v) is 2.51. The number of nitrogens with one attached hydrogen (secondary N) is 1. The van der Waals surface area contributed by atoms with Crippen LogP contribution in [-0.2, 0) is 7.05 Å². The molecule has 0 fully saturated rings. The Morgan fingerprint density at radius 2 is 1.90 bits per heavy atom. The third-order valence-electron chi connectivity index (χ3n) is 3.47. The summed E-state index contributed by atoms with van der Waals surface area (Å²) in [5.41, 5.74) is 3.55. The summed E-state index contributed by atoms with van der Waals surface area (Å²) in [6.45, 7) is 3.04. The molecule has 0 saturated carbocycles. The van der Waals surface area contributed by atoms with E-state index in [0.29, 0.717) is 5.69 Å². The van der Waals surface area contributed by atoms with E-state index in [0.717, 1.165) is 17.0 Å². The normalized spacial score (nSPS) is 12.5. The zero-order chi connectivity index (χ0) is 15.6. The maximum atomic E-state index is 12.4. The van der Waals surface area contributed by atoms with E-state index in [2.05, 4.69) is 15.2 Å². The molecule has 21 heavy (non-hydrogen) atoms. The van der Waals surface area contributed by atoms with E-state index in [1.807, 2.05) is 32.5 Å². The molecule has 0 bridgehead atoms. The van der Waals surface area contributed by atoms with E-state index in [1.54, 1.807) is 18.2 Å². The second-order valence-electron chi connectivity index (χ2n) is 4.95. The van der Waals surface area contributed by atoms with Crippen LogP contribution in [0.25, 0.3) is 0 Å². The number of para-hydroxylation sites is 2. The van der Waals surface area contributed by atoms with Gasteiger partial charge in [0.15, 0.2) is 0 Å². The van der Waals surface area contributed by atoms with Gasteiger partial charge in [-0.2, -0.15) is 13.9 Å². The minimum atomic E-state index is -2.84. The van der Waals surface area contributed by atoms with Crippen molar-refractivity contribution in [2.75, 3.05) is 5.32 Å². The predicted octanol–water partition coefficient (Wildman–Crippen LogP) is 3.81. The van der Waals surface area contributed by atoms with Gasteiger partial charge in [-0.25, -0.2) is 0 Å². The van der Waals surface area contributed by atoms with Gasteiger partial charge in [0.2, 0.25) is 0 Å². The number of halogens is 2. The molecule has 1 atom stereocenters. The molecule has 4 nitrogen and oxygen atoms in total. The molecule has 0 radical (unpaired) electrons. The van der Waals surface area contributed by atoms with E-state index < -0.39 is 6.61 Å². The highest BCUT2D eigenvalue weighted by atomic mass is 19.3. The lowest BCUT2D eigenvalue weighted by Gasteiger charge is -2.18. The number of alkyl halides is 2. The summed E-state index contributed by atoms with van der Waals surface area (Å²) < 4.78 is 31.2. The van der Waals surface area contributed by atoms with Gasteiger partial charge in [-0.1, -0.05) is 12.1 Å². The van der Waals surface area contributed by atoms with Crippen LogP contribution in [0.5, 0.6) is 5.75 Å². The van der Waals surface area contributed by atoms with Crippen LogP contribution in [0.2, 0.25) is 0 Å². The third kappa shape index (κ3) is 3.32. The first kappa shape index (κ1) is 15.3. The van der Waals surface area contributed by atoms with Crippen LogP contribution in [0.15, 0.2) is 24.3 Å². The molecule has 1 N–H and O–H groups in total. The van der Waals surface area contributed by atoms with Crippen LogP contribution in [0.1, 0.15) is 29.9 Å². The fraction of sp³-hybridized carbons (Fsp3) is 0.400. The van der Waals surface area contributed by atoms with Crippen LogP contribution in [0.3, 0.4) is 0 Å². The quantitative estimate of drug-likeness (QED) is 0.911. The Kier molecular flexibility index (Phi) is 4.45. The Bertz CT molecular complexity index is 625. The smallest absolute Gasteiger partial charge is 0.387 e. The average molecular weight is 295 g/mol. The summed E-state index contributed by atoms with van der Waals surface area (Å²) >= 11 is 0. The van der Waals surface area contributed by atoms with E-state index in [1.165, 1.54) is 6.07 Å². The molecule has 1 heterocycles. The first-order chi connectivity index (χ1) is 9.90. The van der Waals surface area contributed by atoms with Gasteiger partial charge in [0.25, 0.3) is 0 Å². The number of rotatable bonds is 5. The number of benzene rings is 1. The first-order valence-electron chi connectivity index (χ1n) is 6.70. The van der Waals surface area contributed by atoms with Crippen molar-refractivity contribution in [3.05, 3.63) is 41.2 Å². The lowest BCUT2D eigenvalue weighted by atomic mass is 10.1. The number of hydrogen-bond acceptors (Lipinski definition) is 3. The fourth-order valence-electron chi connectivity index (χ4n) is 2.51. The summed E-state index contributed by atoms with van der Waals surface area (Å²) in [5.74, 6) is 0.138. The van der Waals surface area contributed by atoms with Gasteiger partial charge in [0.05, 0.1) is 17.4 Å². The topological polar surface area (TPSA) is 39.1 Å². The summed E-state index contributed by atoms with van der Waals surface area (Å²) in [4.78, 5) is 0. The molecule has 0 spiro atoms. The number of nitrogens with zero attached hydrogens (tertiary/aromatic N) is 2. The van der Waals surface area contributed by atoms with E-state index >= 15 is 0 Å². The van der Waals surface area contributed by atoms with Crippen molar-refractivity contribution in [2.24, 2.45) is 7.05 Å². The number of hydrogen-bond donors (Lipinski definition) is 1. The van der Waals surface area contributed by atoms with Crippen molar-refractivity contribution < 1.29 is 13.5 Å². The number of aromatic nitrogens is 2. The predicted molar refractivity (Wildman–Crippen MR) is 77.8 cm³/mol. The molecule has 0 aliphatic carbocycles. The zero-order valence-electron chi connectivity index (χ0n) is 12.5. The van der Waals surface area contributed by atoms with Crippen LogP contribution < -0.4 is 10.1 Å². The number of aryl methyl sites for hydroxylation is 2. The highest BCUT2D eigenvalue weighted by Crippen LogP contribution is 2.31. The molecule has 0 aliphatic heterocycles. The van der Waals surface area contributed by atoms with Gasteiger partial charge in [0.1, 0.15) is 5.75 Å². The standard InChI is InChI=1S/C15H19F2N3O/c1-9(14-10(2)19-20(4)11(14)3)18-12-7-5-6-8-13(12)21-15(16)17/h5-9,15,18H,1-4H3. The second kappa shape index (κ2) is 6.11. The molecule has 1 aromatic heterocycles. The molecule has 0 aliphatic rings. The molecule has 114 valence electrons. The van der Waals surface area contributed by atoms with E-state index in [4.69, 9.17) is 0 Å². The second-order valence-corrected chi connectivity index (χ2v) is 4.95. The van der Waals surface area contributed by atoms with Crippen molar-refractivity contribution in [1.29, 1.82) is 0 Å². The molecule has 2 rings (SSSR count). The molecule has 6 heteroatoms. The lowest BCUT2D eigenvalue weighted by Crippen LogP contribution is -2.11. The molecule has 0 amide bonds. The SMILES string of the molecule is Cc1nn(C)c(C)c1C(C)Nc1ccccc1OC(F)F. The molecule has 0 saturated heterocycles. The molecule has 1 unspecified atom stereocenters. The molecular formula is C15H19F2N3O. The van der Waals surface area contributed by atoms with Crippen LogP contribution in [0, 0.1) is 13.8 Å². The van der Waals surface area contributed by atoms with Crippen molar-refractivity contribution >= 4 is 5.69 Å². The third-order valence-corrected chi connectivity index (χ3v) is 3.47. The Balaban J connectivity index is 2.25. The summed E-state index contributed by atoms with van der Waals surface area (Å²) in [7, 11) is 1.88. The van der Waals surface area contributed by atoms with Gasteiger partial charge in [0, 0.05) is 18.3 Å². The minimum Gasteiger partial charge on any atom is -0.433 e. The van der Waals surface area contributed by atoms with Crippen LogP contribution >= 0.6 is 0 Å². The largest absolute Gasteiger partial charge is 0.433 e. The molecule has 1 aromatic carbocycles. The highest BCUT2D eigenvalue weighted by Gasteiger charge is 2.18. The maximum Gasteiger partial charge on any atom is 0.387 e. The highest BCUT2D eigenvalue weighted by molar-refractivity contribution is 5.57. The van der Waals surface area contributed by atoms with Crippen molar-refractivity contribution in [3.8, 4) is 5.75 Å². The Morgan fingerprint density at radius 1 is 1.24 bits per heavy atom. The summed E-state index contributed by atoms with van der Waals surface area (Å²) in [6.07, 6.45) is 0. The minimum absolute atomic E-state index is 0.0684. The van der Waals surface area contributed by atoms with Crippen LogP contribution in [-0.4, -0.2) is 16.4 Å². The summed E-state index contributed by atoms with van der Waals surface area (Å²) in [5, 5.41) is 7.58. The molecule has 2 aromatic rings. The summed E-state index contributed by atoms with van der Waals surface area (Å²) in [6, 6.07) is 6.60. The van der Waals surface area contributed by atoms with Gasteiger partial charge in [-0.3, -0.25) is 4.68 Å². The lowest BCUT2D eigenvalue weighted by molar-refractivity contribution is -0.0493. The average Bonchev–Trinajstić information content (AvgIpc) is 2.65. The molecular weight excluding hydrogens is 276 g/mol. The maximum absolute atomic E-state index is 12.4. The number of anilines is 1. The van der Waals surface area contributed by atoms with E-state index in [9.17, 15) is 8.78 Å². The van der Waals surface area contributed by atoms with Gasteiger partial charge in [-0.15, -0.1) is 0 Å². The Hall–Kier alpha value is -2.11. The Morgan fingerprint density at radius 3 is 2.48 bits per heavy atom. The zero-order valence-corrected chi connectivity index (χ0v) is 12.5. The monoisotopic (exact) mass is 295 g/mol. The number of ether oxygens (including phenoxy) is 1. The van der Waals surface area contributed by atoms with E-state index in [-0.39, 0.29) is 11.8 Å². The first-order valence-corrected chi connectivity index (χ1v) is 6.70. The van der Waals surface area contributed by atoms with Crippen molar-refractivity contribution in [2.45, 2.75) is 33.4 Å². The van der Waals surface area contributed by atoms with Gasteiger partial charge in [-0.05, 0) is 32.9 Å². The van der Waals surface area contributed by atoms with Crippen LogP contribution in [0.4, 0.5) is 14.5 Å². The van der Waals surface area contributed by atoms with Crippen molar-refractivity contribution in [3.63, 3.8) is 0 Å². The van der Waals surface area contributed by atoms with Gasteiger partial charge < -0.3 is 10.1 Å². The Labute approximate surface area is 122 Å².